The molecular formula is C25H27NO4. The van der Waals surface area contributed by atoms with Crippen molar-refractivity contribution in [3.8, 4) is 17.2 Å². The van der Waals surface area contributed by atoms with Crippen LogP contribution >= 0.6 is 0 Å². The van der Waals surface area contributed by atoms with Crippen molar-refractivity contribution < 1.29 is 19.0 Å². The predicted molar refractivity (Wildman–Crippen MR) is 118 cm³/mol. The lowest BCUT2D eigenvalue weighted by molar-refractivity contribution is 0.0922. The summed E-state index contributed by atoms with van der Waals surface area (Å²) < 4.78 is 17.1. The molecule has 0 fully saturated rings. The summed E-state index contributed by atoms with van der Waals surface area (Å²) in [5, 5.41) is 5.23. The average molecular weight is 405 g/mol. The summed E-state index contributed by atoms with van der Waals surface area (Å²) in [6, 6.07) is 17.4. The smallest absolute Gasteiger partial charge is 0.255 e. The van der Waals surface area contributed by atoms with Crippen LogP contribution in [0.2, 0.25) is 0 Å². The van der Waals surface area contributed by atoms with Gasteiger partial charge < -0.3 is 19.5 Å². The lowest BCUT2D eigenvalue weighted by Crippen LogP contribution is -2.32. The molecule has 0 aromatic heterocycles. The number of nitrogens with one attached hydrogen (secondary N) is 1. The number of carbonyl (C=O) groups is 1. The number of methoxy groups -OCH3 is 1. The highest BCUT2D eigenvalue weighted by atomic mass is 16.5. The van der Waals surface area contributed by atoms with Crippen LogP contribution in [-0.2, 0) is 0 Å². The van der Waals surface area contributed by atoms with Gasteiger partial charge >= 0.3 is 0 Å². The van der Waals surface area contributed by atoms with Crippen LogP contribution in [0, 0.1) is 5.92 Å². The molecule has 1 amide bonds. The molecule has 0 saturated heterocycles. The van der Waals surface area contributed by atoms with Crippen LogP contribution in [0.5, 0.6) is 17.2 Å². The van der Waals surface area contributed by atoms with Crippen molar-refractivity contribution in [1.82, 2.24) is 5.32 Å². The van der Waals surface area contributed by atoms with E-state index in [0.29, 0.717) is 24.5 Å². The van der Waals surface area contributed by atoms with Crippen molar-refractivity contribution in [1.29, 1.82) is 0 Å². The van der Waals surface area contributed by atoms with Gasteiger partial charge in [-0.05, 0) is 46.5 Å². The molecule has 0 aliphatic carbocycles. The van der Waals surface area contributed by atoms with Crippen LogP contribution in [0.3, 0.4) is 0 Å². The second-order valence-corrected chi connectivity index (χ2v) is 7.85. The van der Waals surface area contributed by atoms with Crippen LogP contribution in [0.25, 0.3) is 10.8 Å². The van der Waals surface area contributed by atoms with E-state index in [-0.39, 0.29) is 17.9 Å². The summed E-state index contributed by atoms with van der Waals surface area (Å²) in [6.45, 7) is 5.46. The zero-order valence-corrected chi connectivity index (χ0v) is 17.6. The van der Waals surface area contributed by atoms with Gasteiger partial charge in [0.05, 0.1) is 31.9 Å². The quantitative estimate of drug-likeness (QED) is 0.639. The number of fused-ring (bicyclic) bond motifs is 2. The van der Waals surface area contributed by atoms with Crippen LogP contribution in [0.4, 0.5) is 0 Å². The van der Waals surface area contributed by atoms with E-state index < -0.39 is 0 Å². The Hall–Kier alpha value is -3.21. The second-order valence-electron chi connectivity index (χ2n) is 7.85. The molecule has 0 bridgehead atoms. The van der Waals surface area contributed by atoms with E-state index >= 15 is 0 Å². The van der Waals surface area contributed by atoms with Crippen molar-refractivity contribution in [3.05, 3.63) is 65.7 Å². The van der Waals surface area contributed by atoms with E-state index in [4.69, 9.17) is 14.2 Å². The zero-order valence-electron chi connectivity index (χ0n) is 17.6. The molecule has 5 heteroatoms. The normalized spacial score (nSPS) is 14.3. The highest BCUT2D eigenvalue weighted by Gasteiger charge is 2.23. The molecule has 1 N–H and O–H groups in total. The van der Waals surface area contributed by atoms with Gasteiger partial charge in [0.25, 0.3) is 5.91 Å². The lowest BCUT2D eigenvalue weighted by Gasteiger charge is -2.24. The Morgan fingerprint density at radius 1 is 0.967 bits per heavy atom. The van der Waals surface area contributed by atoms with E-state index in [2.05, 4.69) is 19.2 Å². The molecule has 1 heterocycles. The van der Waals surface area contributed by atoms with Gasteiger partial charge in [-0.1, -0.05) is 44.2 Å². The number of benzene rings is 3. The van der Waals surface area contributed by atoms with Crippen molar-refractivity contribution >= 4 is 16.7 Å². The molecule has 0 radical (unpaired) electrons. The third kappa shape index (κ3) is 4.06. The van der Waals surface area contributed by atoms with Gasteiger partial charge in [0, 0.05) is 6.42 Å². The summed E-state index contributed by atoms with van der Waals surface area (Å²) in [4.78, 5) is 13.3. The summed E-state index contributed by atoms with van der Waals surface area (Å²) >= 11 is 0. The summed E-state index contributed by atoms with van der Waals surface area (Å²) in [6.07, 6.45) is 0.857. The summed E-state index contributed by atoms with van der Waals surface area (Å²) in [5.41, 5.74) is 1.51. The Morgan fingerprint density at radius 2 is 1.67 bits per heavy atom. The first-order chi connectivity index (χ1) is 14.6. The average Bonchev–Trinajstić information content (AvgIpc) is 3.01. The topological polar surface area (TPSA) is 56.8 Å². The Bertz CT molecular complexity index is 1060. The molecule has 1 aliphatic rings. The third-order valence-electron chi connectivity index (χ3n) is 5.40. The fourth-order valence-electron chi connectivity index (χ4n) is 3.79. The molecular weight excluding hydrogens is 378 g/mol. The van der Waals surface area contributed by atoms with Gasteiger partial charge in [-0.2, -0.15) is 0 Å². The fourth-order valence-corrected chi connectivity index (χ4v) is 3.79. The van der Waals surface area contributed by atoms with Crippen molar-refractivity contribution in [2.75, 3.05) is 20.3 Å². The lowest BCUT2D eigenvalue weighted by atomic mass is 9.95. The minimum atomic E-state index is -0.175. The van der Waals surface area contributed by atoms with Gasteiger partial charge in [-0.3, -0.25) is 4.79 Å². The molecule has 0 unspecified atom stereocenters. The highest BCUT2D eigenvalue weighted by molar-refractivity contribution is 6.01. The maximum absolute atomic E-state index is 13.3. The SMILES string of the molecule is COc1cc2ccccc2cc1C(=O)N[C@H](c1ccc2c(c1)OCCCO2)C(C)C. The maximum atomic E-state index is 13.3. The Kier molecular flexibility index (Phi) is 5.79. The zero-order chi connectivity index (χ0) is 21.1. The van der Waals surface area contributed by atoms with Gasteiger partial charge in [-0.15, -0.1) is 0 Å². The fraction of sp³-hybridized carbons (Fsp3) is 0.320. The molecule has 4 rings (SSSR count). The van der Waals surface area contributed by atoms with Gasteiger partial charge in [0.2, 0.25) is 0 Å². The first kappa shape index (κ1) is 20.1. The number of hydrogen-bond acceptors (Lipinski definition) is 4. The van der Waals surface area contributed by atoms with Crippen LogP contribution in [0.1, 0.15) is 42.2 Å². The largest absolute Gasteiger partial charge is 0.496 e. The van der Waals surface area contributed by atoms with E-state index in [1.165, 1.54) is 0 Å². The number of rotatable bonds is 5. The van der Waals surface area contributed by atoms with E-state index in [1.54, 1.807) is 7.11 Å². The third-order valence-corrected chi connectivity index (χ3v) is 5.40. The van der Waals surface area contributed by atoms with Gasteiger partial charge in [0.15, 0.2) is 11.5 Å². The number of carbonyl (C=O) groups excluding carboxylic acids is 1. The monoisotopic (exact) mass is 405 g/mol. The van der Waals surface area contributed by atoms with Crippen molar-refractivity contribution in [2.45, 2.75) is 26.3 Å². The predicted octanol–water partition coefficient (Wildman–Crippen LogP) is 5.14. The molecule has 5 nitrogen and oxygen atoms in total. The van der Waals surface area contributed by atoms with Crippen LogP contribution in [0.15, 0.2) is 54.6 Å². The molecule has 3 aromatic rings. The Balaban J connectivity index is 1.65. The Morgan fingerprint density at radius 3 is 2.37 bits per heavy atom. The molecule has 0 spiro atoms. The molecule has 156 valence electrons. The molecule has 0 saturated carbocycles. The summed E-state index contributed by atoms with van der Waals surface area (Å²) in [7, 11) is 1.59. The minimum Gasteiger partial charge on any atom is -0.496 e. The molecule has 1 aliphatic heterocycles. The Labute approximate surface area is 177 Å². The van der Waals surface area contributed by atoms with Crippen LogP contribution < -0.4 is 19.5 Å². The molecule has 30 heavy (non-hydrogen) atoms. The number of hydrogen-bond donors (Lipinski definition) is 1. The second kappa shape index (κ2) is 8.66. The minimum absolute atomic E-state index is 0.164. The number of amides is 1. The first-order valence-electron chi connectivity index (χ1n) is 10.3. The van der Waals surface area contributed by atoms with Gasteiger partial charge in [-0.25, -0.2) is 0 Å². The van der Waals surface area contributed by atoms with Crippen LogP contribution in [-0.4, -0.2) is 26.2 Å². The van der Waals surface area contributed by atoms with E-state index in [1.807, 2.05) is 54.6 Å². The van der Waals surface area contributed by atoms with E-state index in [9.17, 15) is 4.79 Å². The summed E-state index contributed by atoms with van der Waals surface area (Å²) in [5.74, 6) is 2.07. The highest BCUT2D eigenvalue weighted by Crippen LogP contribution is 2.35. The maximum Gasteiger partial charge on any atom is 0.255 e. The molecule has 3 aromatic carbocycles. The number of ether oxygens (including phenoxy) is 3. The standard InChI is InChI=1S/C25H27NO4/c1-16(2)24(19-9-10-21-23(15-19)30-12-6-11-29-21)26-25(27)20-13-17-7-4-5-8-18(17)14-22(20)28-3/h4-5,7-10,13-16,24H,6,11-12H2,1-3H3,(H,26,27)/t24-/m0/s1. The first-order valence-corrected chi connectivity index (χ1v) is 10.3. The van der Waals surface area contributed by atoms with Crippen molar-refractivity contribution in [3.63, 3.8) is 0 Å². The van der Waals surface area contributed by atoms with Gasteiger partial charge in [0.1, 0.15) is 5.75 Å². The van der Waals surface area contributed by atoms with Crippen molar-refractivity contribution in [2.24, 2.45) is 5.92 Å². The molecule has 1 atom stereocenters. The van der Waals surface area contributed by atoms with E-state index in [0.717, 1.165) is 34.3 Å².